The fourth-order valence-corrected chi connectivity index (χ4v) is 2.09. The van der Waals surface area contributed by atoms with E-state index in [1.165, 1.54) is 0 Å². The van der Waals surface area contributed by atoms with Gasteiger partial charge in [0.2, 0.25) is 0 Å². The molecule has 118 valence electrons. The SMILES string of the molecule is C=CCOc1ccccc1C(=O)N/N=C(\CC)c1ccccc1. The molecule has 2 rings (SSSR count). The van der Waals surface area contributed by atoms with E-state index in [9.17, 15) is 4.79 Å². The van der Waals surface area contributed by atoms with Crippen molar-refractivity contribution < 1.29 is 9.53 Å². The van der Waals surface area contributed by atoms with Gasteiger partial charge in [-0.2, -0.15) is 5.10 Å². The molecule has 0 radical (unpaired) electrons. The van der Waals surface area contributed by atoms with Crippen LogP contribution in [0, 0.1) is 0 Å². The van der Waals surface area contributed by atoms with Crippen LogP contribution in [-0.4, -0.2) is 18.2 Å². The van der Waals surface area contributed by atoms with E-state index in [0.29, 0.717) is 17.9 Å². The Labute approximate surface area is 136 Å². The van der Waals surface area contributed by atoms with Gasteiger partial charge in [-0.1, -0.05) is 62.0 Å². The second-order valence-electron chi connectivity index (χ2n) is 4.81. The summed E-state index contributed by atoms with van der Waals surface area (Å²) in [5.41, 5.74) is 4.87. The Hall–Kier alpha value is -2.88. The van der Waals surface area contributed by atoms with Gasteiger partial charge in [0.25, 0.3) is 5.91 Å². The maximum Gasteiger partial charge on any atom is 0.275 e. The van der Waals surface area contributed by atoms with Crippen LogP contribution in [-0.2, 0) is 0 Å². The Kier molecular flexibility index (Phi) is 6.12. The molecule has 2 aromatic carbocycles. The summed E-state index contributed by atoms with van der Waals surface area (Å²) >= 11 is 0. The van der Waals surface area contributed by atoms with Gasteiger partial charge in [0.15, 0.2) is 0 Å². The summed E-state index contributed by atoms with van der Waals surface area (Å²) < 4.78 is 5.50. The molecule has 0 bridgehead atoms. The molecular formula is C19H20N2O2. The third-order valence-electron chi connectivity index (χ3n) is 3.22. The third kappa shape index (κ3) is 4.54. The lowest BCUT2D eigenvalue weighted by Gasteiger charge is -2.09. The Morgan fingerprint density at radius 3 is 2.57 bits per heavy atom. The fraction of sp³-hybridized carbons (Fsp3) is 0.158. The lowest BCUT2D eigenvalue weighted by atomic mass is 10.1. The van der Waals surface area contributed by atoms with Gasteiger partial charge in [-0.3, -0.25) is 4.79 Å². The summed E-state index contributed by atoms with van der Waals surface area (Å²) in [6, 6.07) is 16.8. The molecule has 4 nitrogen and oxygen atoms in total. The number of benzene rings is 2. The number of ether oxygens (including phenoxy) is 1. The van der Waals surface area contributed by atoms with Crippen LogP contribution in [0.4, 0.5) is 0 Å². The van der Waals surface area contributed by atoms with Crippen molar-refractivity contribution in [3.8, 4) is 5.75 Å². The average Bonchev–Trinajstić information content (AvgIpc) is 2.61. The fourth-order valence-electron chi connectivity index (χ4n) is 2.09. The average molecular weight is 308 g/mol. The Balaban J connectivity index is 2.15. The van der Waals surface area contributed by atoms with E-state index in [-0.39, 0.29) is 5.91 Å². The van der Waals surface area contributed by atoms with Crippen LogP contribution in [0.5, 0.6) is 5.75 Å². The van der Waals surface area contributed by atoms with Crippen LogP contribution in [0.15, 0.2) is 72.4 Å². The molecule has 0 saturated carbocycles. The van der Waals surface area contributed by atoms with Gasteiger partial charge >= 0.3 is 0 Å². The minimum absolute atomic E-state index is 0.299. The highest BCUT2D eigenvalue weighted by atomic mass is 16.5. The van der Waals surface area contributed by atoms with Crippen molar-refractivity contribution in [2.75, 3.05) is 6.61 Å². The minimum atomic E-state index is -0.299. The number of nitrogens with zero attached hydrogens (tertiary/aromatic N) is 1. The second-order valence-corrected chi connectivity index (χ2v) is 4.81. The quantitative estimate of drug-likeness (QED) is 0.480. The predicted octanol–water partition coefficient (Wildman–Crippen LogP) is 3.80. The molecule has 23 heavy (non-hydrogen) atoms. The highest BCUT2D eigenvalue weighted by Gasteiger charge is 2.11. The van der Waals surface area contributed by atoms with E-state index in [0.717, 1.165) is 17.7 Å². The molecule has 0 saturated heterocycles. The number of nitrogens with one attached hydrogen (secondary N) is 1. The van der Waals surface area contributed by atoms with Crippen LogP contribution in [0.25, 0.3) is 0 Å². The zero-order chi connectivity index (χ0) is 16.5. The molecule has 0 aliphatic rings. The smallest absolute Gasteiger partial charge is 0.275 e. The number of hydrogen-bond donors (Lipinski definition) is 1. The molecule has 0 aromatic heterocycles. The third-order valence-corrected chi connectivity index (χ3v) is 3.22. The first-order valence-corrected chi connectivity index (χ1v) is 7.51. The first-order chi connectivity index (χ1) is 11.3. The van der Waals surface area contributed by atoms with Crippen molar-refractivity contribution in [3.05, 3.63) is 78.4 Å². The van der Waals surface area contributed by atoms with Gasteiger partial charge < -0.3 is 4.74 Å². The van der Waals surface area contributed by atoms with Gasteiger partial charge in [0.05, 0.1) is 11.3 Å². The maximum absolute atomic E-state index is 12.4. The van der Waals surface area contributed by atoms with Crippen LogP contribution in [0.2, 0.25) is 0 Å². The van der Waals surface area contributed by atoms with Crippen molar-refractivity contribution in [1.29, 1.82) is 0 Å². The standard InChI is InChI=1S/C19H20N2O2/c1-3-14-23-18-13-9-8-12-16(18)19(22)21-20-17(4-2)15-10-6-5-7-11-15/h3,5-13H,1,4,14H2,2H3,(H,21,22)/b20-17+. The molecule has 0 fully saturated rings. The van der Waals surface area contributed by atoms with Crippen molar-refractivity contribution >= 4 is 11.6 Å². The Bertz CT molecular complexity index is 694. The van der Waals surface area contributed by atoms with Gasteiger partial charge in [-0.15, -0.1) is 0 Å². The monoisotopic (exact) mass is 308 g/mol. The van der Waals surface area contributed by atoms with E-state index in [1.54, 1.807) is 24.3 Å². The van der Waals surface area contributed by atoms with Gasteiger partial charge in [0, 0.05) is 0 Å². The highest BCUT2D eigenvalue weighted by Crippen LogP contribution is 2.17. The molecule has 0 atom stereocenters. The molecule has 4 heteroatoms. The summed E-state index contributed by atoms with van der Waals surface area (Å²) in [5.74, 6) is 0.212. The van der Waals surface area contributed by atoms with Crippen molar-refractivity contribution in [2.24, 2.45) is 5.10 Å². The van der Waals surface area contributed by atoms with Crippen molar-refractivity contribution in [1.82, 2.24) is 5.43 Å². The topological polar surface area (TPSA) is 50.7 Å². The molecule has 0 spiro atoms. The molecular weight excluding hydrogens is 288 g/mol. The van der Waals surface area contributed by atoms with Crippen LogP contribution >= 0.6 is 0 Å². The zero-order valence-electron chi connectivity index (χ0n) is 13.2. The van der Waals surface area contributed by atoms with E-state index < -0.39 is 0 Å². The number of amides is 1. The van der Waals surface area contributed by atoms with E-state index >= 15 is 0 Å². The van der Waals surface area contributed by atoms with Gasteiger partial charge in [-0.05, 0) is 24.1 Å². The van der Waals surface area contributed by atoms with Crippen LogP contribution in [0.3, 0.4) is 0 Å². The molecule has 0 heterocycles. The zero-order valence-corrected chi connectivity index (χ0v) is 13.2. The van der Waals surface area contributed by atoms with Crippen molar-refractivity contribution in [3.63, 3.8) is 0 Å². The lowest BCUT2D eigenvalue weighted by Crippen LogP contribution is -2.20. The van der Waals surface area contributed by atoms with Crippen LogP contribution in [0.1, 0.15) is 29.3 Å². The highest BCUT2D eigenvalue weighted by molar-refractivity contribution is 6.02. The number of para-hydroxylation sites is 1. The van der Waals surface area contributed by atoms with E-state index in [4.69, 9.17) is 4.74 Å². The molecule has 1 amide bonds. The second kappa shape index (κ2) is 8.54. The maximum atomic E-state index is 12.4. The molecule has 0 aliphatic heterocycles. The first-order valence-electron chi connectivity index (χ1n) is 7.51. The summed E-state index contributed by atoms with van der Waals surface area (Å²) in [6.45, 7) is 5.95. The first kappa shape index (κ1) is 16.5. The molecule has 0 aliphatic carbocycles. The van der Waals surface area contributed by atoms with Crippen LogP contribution < -0.4 is 10.2 Å². The number of carbonyl (C=O) groups is 1. The largest absolute Gasteiger partial charge is 0.489 e. The molecule has 0 unspecified atom stereocenters. The summed E-state index contributed by atoms with van der Waals surface area (Å²) in [5, 5.41) is 4.25. The van der Waals surface area contributed by atoms with Gasteiger partial charge in [-0.25, -0.2) is 5.43 Å². The van der Waals surface area contributed by atoms with Crippen molar-refractivity contribution in [2.45, 2.75) is 13.3 Å². The minimum Gasteiger partial charge on any atom is -0.489 e. The summed E-state index contributed by atoms with van der Waals surface area (Å²) in [4.78, 5) is 12.4. The predicted molar refractivity (Wildman–Crippen MR) is 92.9 cm³/mol. The summed E-state index contributed by atoms with van der Waals surface area (Å²) in [6.07, 6.45) is 2.36. The normalized spacial score (nSPS) is 10.9. The Morgan fingerprint density at radius 1 is 1.17 bits per heavy atom. The Morgan fingerprint density at radius 2 is 1.87 bits per heavy atom. The summed E-state index contributed by atoms with van der Waals surface area (Å²) in [7, 11) is 0. The van der Waals surface area contributed by atoms with E-state index in [2.05, 4.69) is 17.1 Å². The number of hydrazone groups is 1. The number of hydrogen-bond acceptors (Lipinski definition) is 3. The van der Waals surface area contributed by atoms with E-state index in [1.807, 2.05) is 43.3 Å². The van der Waals surface area contributed by atoms with Gasteiger partial charge in [0.1, 0.15) is 12.4 Å². The number of carbonyl (C=O) groups excluding carboxylic acids is 1. The molecule has 1 N–H and O–H groups in total. The molecule has 2 aromatic rings. The number of rotatable bonds is 7. The lowest BCUT2D eigenvalue weighted by molar-refractivity contribution is 0.0951.